The van der Waals surface area contributed by atoms with Gasteiger partial charge in [0.15, 0.2) is 5.82 Å². The molecule has 2 aliphatic heterocycles. The van der Waals surface area contributed by atoms with Gasteiger partial charge < -0.3 is 4.90 Å². The molecule has 3 amide bonds. The highest BCUT2D eigenvalue weighted by Gasteiger charge is 2.41. The number of rotatable bonds is 5. The molecule has 0 saturated heterocycles. The maximum absolute atomic E-state index is 13.1. The zero-order chi connectivity index (χ0) is 19.0. The maximum atomic E-state index is 13.1. The third-order valence-electron chi connectivity index (χ3n) is 4.95. The number of fused-ring (bicyclic) bond motifs is 3. The quantitative estimate of drug-likeness (QED) is 0.809. The fourth-order valence-electron chi connectivity index (χ4n) is 3.57. The van der Waals surface area contributed by atoms with Crippen molar-refractivity contribution in [3.63, 3.8) is 0 Å². The zero-order valence-corrected chi connectivity index (χ0v) is 15.5. The third-order valence-corrected chi connectivity index (χ3v) is 4.95. The molecule has 8 heteroatoms. The van der Waals surface area contributed by atoms with Gasteiger partial charge in [-0.1, -0.05) is 18.2 Å². The van der Waals surface area contributed by atoms with E-state index in [-0.39, 0.29) is 18.5 Å². The van der Waals surface area contributed by atoms with Crippen LogP contribution in [-0.4, -0.2) is 70.1 Å². The van der Waals surface area contributed by atoms with Gasteiger partial charge in [0.05, 0.1) is 24.0 Å². The number of anilines is 1. The van der Waals surface area contributed by atoms with Crippen molar-refractivity contribution in [3.8, 4) is 5.69 Å². The van der Waals surface area contributed by atoms with Gasteiger partial charge in [-0.05, 0) is 26.0 Å². The van der Waals surface area contributed by atoms with E-state index in [1.54, 1.807) is 20.7 Å². The van der Waals surface area contributed by atoms with Crippen LogP contribution in [0.15, 0.2) is 41.5 Å². The van der Waals surface area contributed by atoms with Crippen LogP contribution in [-0.2, 0) is 4.79 Å². The molecule has 8 nitrogen and oxygen atoms in total. The van der Waals surface area contributed by atoms with E-state index >= 15 is 0 Å². The van der Waals surface area contributed by atoms with E-state index in [9.17, 15) is 9.59 Å². The van der Waals surface area contributed by atoms with Crippen molar-refractivity contribution in [1.82, 2.24) is 19.6 Å². The lowest BCUT2D eigenvalue weighted by atomic mass is 10.2. The van der Waals surface area contributed by atoms with Crippen molar-refractivity contribution in [2.75, 3.05) is 37.6 Å². The van der Waals surface area contributed by atoms with Gasteiger partial charge in [0.1, 0.15) is 12.4 Å². The van der Waals surface area contributed by atoms with Crippen LogP contribution in [0.1, 0.15) is 19.4 Å². The van der Waals surface area contributed by atoms with Crippen LogP contribution in [0.5, 0.6) is 0 Å². The number of aromatic nitrogens is 2. The number of para-hydroxylation sites is 1. The number of amidine groups is 1. The van der Waals surface area contributed by atoms with Crippen LogP contribution in [0.4, 0.5) is 10.6 Å². The SMILES string of the molecule is CCN(CC)C(=O)CN1C(=O)N2CCN=C2c2cnn(-c3ccccc3)c21. The second kappa shape index (κ2) is 6.86. The van der Waals surface area contributed by atoms with Crippen LogP contribution in [0.2, 0.25) is 0 Å². The minimum Gasteiger partial charge on any atom is -0.342 e. The smallest absolute Gasteiger partial charge is 0.331 e. The van der Waals surface area contributed by atoms with Crippen molar-refractivity contribution in [2.24, 2.45) is 4.99 Å². The number of hydrogen-bond donors (Lipinski definition) is 0. The average molecular weight is 366 g/mol. The summed E-state index contributed by atoms with van der Waals surface area (Å²) >= 11 is 0. The van der Waals surface area contributed by atoms with Crippen LogP contribution in [0.25, 0.3) is 5.69 Å². The number of hydrogen-bond acceptors (Lipinski definition) is 4. The summed E-state index contributed by atoms with van der Waals surface area (Å²) in [6.45, 7) is 6.16. The lowest BCUT2D eigenvalue weighted by Crippen LogP contribution is -2.53. The fraction of sp³-hybridized carbons (Fsp3) is 0.368. The van der Waals surface area contributed by atoms with Gasteiger partial charge in [0.2, 0.25) is 5.91 Å². The Morgan fingerprint density at radius 1 is 1.19 bits per heavy atom. The van der Waals surface area contributed by atoms with Gasteiger partial charge in [-0.3, -0.25) is 19.6 Å². The molecule has 0 bridgehead atoms. The minimum absolute atomic E-state index is 0.0180. The van der Waals surface area contributed by atoms with E-state index in [2.05, 4.69) is 10.1 Å². The molecule has 1 aromatic heterocycles. The Bertz CT molecular complexity index is 900. The summed E-state index contributed by atoms with van der Waals surface area (Å²) in [4.78, 5) is 35.3. The molecule has 3 heterocycles. The Morgan fingerprint density at radius 3 is 2.63 bits per heavy atom. The Hall–Kier alpha value is -3.16. The predicted molar refractivity (Wildman–Crippen MR) is 102 cm³/mol. The number of urea groups is 1. The van der Waals surface area contributed by atoms with Gasteiger partial charge in [-0.2, -0.15) is 5.10 Å². The second-order valence-electron chi connectivity index (χ2n) is 6.42. The first-order chi connectivity index (χ1) is 13.2. The summed E-state index contributed by atoms with van der Waals surface area (Å²) in [6.07, 6.45) is 1.72. The van der Waals surface area contributed by atoms with E-state index in [0.29, 0.717) is 37.8 Å². The first kappa shape index (κ1) is 17.3. The summed E-state index contributed by atoms with van der Waals surface area (Å²) in [7, 11) is 0. The predicted octanol–water partition coefficient (Wildman–Crippen LogP) is 1.74. The molecule has 2 aliphatic rings. The number of aliphatic imine (C=N–C) groups is 1. The molecule has 4 rings (SSSR count). The molecule has 0 fully saturated rings. The standard InChI is InChI=1S/C19H22N6O2/c1-3-22(4-2)16(26)13-24-18-15(17-20-10-11-23(17)19(24)27)12-21-25(18)14-8-6-5-7-9-14/h5-9,12H,3-4,10-11,13H2,1-2H3. The number of benzene rings is 1. The van der Waals surface area contributed by atoms with Crippen molar-refractivity contribution in [2.45, 2.75) is 13.8 Å². The summed E-state index contributed by atoms with van der Waals surface area (Å²) < 4.78 is 1.71. The highest BCUT2D eigenvalue weighted by Crippen LogP contribution is 2.32. The Kier molecular flexibility index (Phi) is 4.39. The first-order valence-electron chi connectivity index (χ1n) is 9.20. The van der Waals surface area contributed by atoms with E-state index < -0.39 is 0 Å². The second-order valence-corrected chi connectivity index (χ2v) is 6.42. The first-order valence-corrected chi connectivity index (χ1v) is 9.20. The van der Waals surface area contributed by atoms with E-state index in [0.717, 1.165) is 11.3 Å². The van der Waals surface area contributed by atoms with Crippen LogP contribution in [0.3, 0.4) is 0 Å². The van der Waals surface area contributed by atoms with Crippen molar-refractivity contribution < 1.29 is 9.59 Å². The number of carbonyl (C=O) groups is 2. The highest BCUT2D eigenvalue weighted by atomic mass is 16.2. The summed E-state index contributed by atoms with van der Waals surface area (Å²) in [5, 5.41) is 4.50. The maximum Gasteiger partial charge on any atom is 0.331 e. The molecule has 2 aromatic rings. The normalized spacial score (nSPS) is 15.5. The molecule has 0 atom stereocenters. The Labute approximate surface area is 157 Å². The molecule has 0 radical (unpaired) electrons. The number of nitrogens with zero attached hydrogens (tertiary/aromatic N) is 6. The summed E-state index contributed by atoms with van der Waals surface area (Å²) in [5.41, 5.74) is 1.61. The summed E-state index contributed by atoms with van der Waals surface area (Å²) in [6, 6.07) is 9.37. The molecular formula is C19H22N6O2. The van der Waals surface area contributed by atoms with Gasteiger partial charge in [-0.15, -0.1) is 0 Å². The lowest BCUT2D eigenvalue weighted by Gasteiger charge is -2.34. The molecule has 0 saturated carbocycles. The van der Waals surface area contributed by atoms with Gasteiger partial charge >= 0.3 is 6.03 Å². The van der Waals surface area contributed by atoms with Crippen LogP contribution >= 0.6 is 0 Å². The van der Waals surface area contributed by atoms with Crippen LogP contribution in [0, 0.1) is 0 Å². The van der Waals surface area contributed by atoms with E-state index in [1.165, 1.54) is 4.90 Å². The van der Waals surface area contributed by atoms with Crippen molar-refractivity contribution in [3.05, 3.63) is 42.1 Å². The number of carbonyl (C=O) groups excluding carboxylic acids is 2. The largest absolute Gasteiger partial charge is 0.342 e. The Balaban J connectivity index is 1.80. The topological polar surface area (TPSA) is 74.0 Å². The molecule has 140 valence electrons. The van der Waals surface area contributed by atoms with Crippen LogP contribution < -0.4 is 4.90 Å². The third kappa shape index (κ3) is 2.77. The summed E-state index contributed by atoms with van der Waals surface area (Å²) in [5.74, 6) is 1.16. The molecular weight excluding hydrogens is 344 g/mol. The zero-order valence-electron chi connectivity index (χ0n) is 15.5. The molecule has 0 unspecified atom stereocenters. The highest BCUT2D eigenvalue weighted by molar-refractivity contribution is 6.20. The molecule has 27 heavy (non-hydrogen) atoms. The molecule has 0 N–H and O–H groups in total. The van der Waals surface area contributed by atoms with Crippen molar-refractivity contribution >= 4 is 23.6 Å². The lowest BCUT2D eigenvalue weighted by molar-refractivity contribution is -0.129. The Morgan fingerprint density at radius 2 is 1.93 bits per heavy atom. The monoisotopic (exact) mass is 366 g/mol. The minimum atomic E-state index is -0.225. The van der Waals surface area contributed by atoms with E-state index in [4.69, 9.17) is 0 Å². The number of amides is 3. The molecule has 1 aromatic carbocycles. The van der Waals surface area contributed by atoms with Gasteiger partial charge in [-0.25, -0.2) is 9.48 Å². The number of likely N-dealkylation sites (N-methyl/N-ethyl adjacent to an activating group) is 1. The average Bonchev–Trinajstić information content (AvgIpc) is 3.34. The fourth-order valence-corrected chi connectivity index (χ4v) is 3.57. The van der Waals surface area contributed by atoms with Gasteiger partial charge in [0.25, 0.3) is 0 Å². The molecule has 0 aliphatic carbocycles. The van der Waals surface area contributed by atoms with Gasteiger partial charge in [0, 0.05) is 19.6 Å². The van der Waals surface area contributed by atoms with E-state index in [1.807, 2.05) is 44.2 Å². The molecule has 0 spiro atoms. The van der Waals surface area contributed by atoms with Crippen molar-refractivity contribution in [1.29, 1.82) is 0 Å².